The van der Waals surface area contributed by atoms with Gasteiger partial charge in [0.2, 0.25) is 0 Å². The molecule has 1 aromatic heterocycles. The molecule has 1 saturated heterocycles. The number of esters is 1. The van der Waals surface area contributed by atoms with Gasteiger partial charge in [0, 0.05) is 19.2 Å². The molecule has 1 aliphatic heterocycles. The fraction of sp³-hybridized carbons (Fsp3) is 0.583. The van der Waals surface area contributed by atoms with E-state index in [0.29, 0.717) is 0 Å². The van der Waals surface area contributed by atoms with Gasteiger partial charge in [0.15, 0.2) is 5.69 Å². The topological polar surface area (TPSA) is 75.3 Å². The van der Waals surface area contributed by atoms with E-state index in [4.69, 9.17) is 4.74 Å². The van der Waals surface area contributed by atoms with Crippen molar-refractivity contribution in [3.8, 4) is 0 Å². The summed E-state index contributed by atoms with van der Waals surface area (Å²) in [6, 6.07) is 1.44. The number of nitrogens with one attached hydrogen (secondary N) is 1. The van der Waals surface area contributed by atoms with Gasteiger partial charge in [-0.05, 0) is 27.2 Å². The van der Waals surface area contributed by atoms with Crippen LogP contribution in [0.3, 0.4) is 0 Å². The van der Waals surface area contributed by atoms with Gasteiger partial charge >= 0.3 is 5.97 Å². The number of H-pyrrole nitrogens is 1. The molecule has 0 aliphatic carbocycles. The first-order chi connectivity index (χ1) is 8.37. The summed E-state index contributed by atoms with van der Waals surface area (Å²) < 4.78 is 5.18. The molecule has 1 aliphatic rings. The van der Waals surface area contributed by atoms with E-state index in [0.717, 1.165) is 19.5 Å². The number of ether oxygens (including phenoxy) is 1. The maximum absolute atomic E-state index is 11.8. The van der Waals surface area contributed by atoms with Crippen LogP contribution in [0.5, 0.6) is 0 Å². The molecule has 1 N–H and O–H groups in total. The average molecular weight is 251 g/mol. The molecule has 2 heterocycles. The van der Waals surface area contributed by atoms with Gasteiger partial charge < -0.3 is 9.64 Å². The molecule has 0 atom stereocenters. The number of hydrogen-bond donors (Lipinski definition) is 1. The van der Waals surface area contributed by atoms with Gasteiger partial charge in [-0.1, -0.05) is 0 Å². The lowest BCUT2D eigenvalue weighted by atomic mass is 10.2. The number of aromatic amines is 1. The van der Waals surface area contributed by atoms with Crippen molar-refractivity contribution in [2.24, 2.45) is 0 Å². The van der Waals surface area contributed by atoms with Crippen LogP contribution in [0, 0.1) is 0 Å². The Morgan fingerprint density at radius 3 is 2.56 bits per heavy atom. The van der Waals surface area contributed by atoms with E-state index in [-0.39, 0.29) is 17.3 Å². The molecule has 0 bridgehead atoms. The average Bonchev–Trinajstić information content (AvgIpc) is 2.60. The van der Waals surface area contributed by atoms with Gasteiger partial charge in [-0.3, -0.25) is 9.89 Å². The third-order valence-electron chi connectivity index (χ3n) is 2.56. The Morgan fingerprint density at radius 2 is 2.06 bits per heavy atom. The standard InChI is InChI=1S/C12H17N3O3/c1-12(2,3)18-11(17)9-7-8(13-14-9)10(16)15-5-4-6-15/h7H,4-6H2,1-3H3,(H,13,14). The van der Waals surface area contributed by atoms with Gasteiger partial charge in [-0.25, -0.2) is 4.79 Å². The maximum atomic E-state index is 11.8. The SMILES string of the molecule is CC(C)(C)OC(=O)c1cc(C(=O)N2CCC2)n[nH]1. The van der Waals surface area contributed by atoms with Crippen LogP contribution in [0.15, 0.2) is 6.07 Å². The van der Waals surface area contributed by atoms with Crippen molar-refractivity contribution < 1.29 is 14.3 Å². The lowest BCUT2D eigenvalue weighted by molar-refractivity contribution is 0.00628. The Labute approximate surface area is 105 Å². The van der Waals surface area contributed by atoms with Crippen LogP contribution in [0.25, 0.3) is 0 Å². The largest absolute Gasteiger partial charge is 0.455 e. The first-order valence-corrected chi connectivity index (χ1v) is 5.95. The fourth-order valence-corrected chi connectivity index (χ4v) is 1.55. The Kier molecular flexibility index (Phi) is 3.11. The molecule has 1 fully saturated rings. The third kappa shape index (κ3) is 2.69. The molecular formula is C12H17N3O3. The minimum Gasteiger partial charge on any atom is -0.455 e. The molecule has 98 valence electrons. The Bertz CT molecular complexity index is 469. The van der Waals surface area contributed by atoms with Crippen LogP contribution in [-0.2, 0) is 4.74 Å². The summed E-state index contributed by atoms with van der Waals surface area (Å²) in [5, 5.41) is 6.39. The number of amides is 1. The van der Waals surface area contributed by atoms with Gasteiger partial charge in [0.05, 0.1) is 0 Å². The van der Waals surface area contributed by atoms with Crippen molar-refractivity contribution in [1.29, 1.82) is 0 Å². The summed E-state index contributed by atoms with van der Waals surface area (Å²) in [7, 11) is 0. The summed E-state index contributed by atoms with van der Waals surface area (Å²) in [5.74, 6) is -0.648. The number of nitrogens with zero attached hydrogens (tertiary/aromatic N) is 2. The van der Waals surface area contributed by atoms with Crippen molar-refractivity contribution in [2.45, 2.75) is 32.8 Å². The second-order valence-corrected chi connectivity index (χ2v) is 5.31. The lowest BCUT2D eigenvalue weighted by Crippen LogP contribution is -2.42. The predicted molar refractivity (Wildman–Crippen MR) is 64.3 cm³/mol. The quantitative estimate of drug-likeness (QED) is 0.802. The summed E-state index contributed by atoms with van der Waals surface area (Å²) in [4.78, 5) is 25.3. The highest BCUT2D eigenvalue weighted by molar-refractivity contribution is 5.96. The minimum absolute atomic E-state index is 0.146. The highest BCUT2D eigenvalue weighted by atomic mass is 16.6. The predicted octanol–water partition coefficient (Wildman–Crippen LogP) is 1.21. The van der Waals surface area contributed by atoms with Gasteiger partial charge in [0.1, 0.15) is 11.3 Å². The lowest BCUT2D eigenvalue weighted by Gasteiger charge is -2.29. The molecule has 0 saturated carbocycles. The van der Waals surface area contributed by atoms with E-state index in [1.54, 1.807) is 25.7 Å². The number of carbonyl (C=O) groups excluding carboxylic acids is 2. The van der Waals surface area contributed by atoms with Gasteiger partial charge in [-0.15, -0.1) is 0 Å². The van der Waals surface area contributed by atoms with E-state index in [2.05, 4.69) is 10.2 Å². The minimum atomic E-state index is -0.566. The molecule has 18 heavy (non-hydrogen) atoms. The summed E-state index contributed by atoms with van der Waals surface area (Å²) in [6.07, 6.45) is 1.02. The van der Waals surface area contributed by atoms with Gasteiger partial charge in [-0.2, -0.15) is 5.10 Å². The monoisotopic (exact) mass is 251 g/mol. The molecular weight excluding hydrogens is 234 g/mol. The zero-order valence-electron chi connectivity index (χ0n) is 10.8. The van der Waals surface area contributed by atoms with E-state index >= 15 is 0 Å². The van der Waals surface area contributed by atoms with E-state index in [1.165, 1.54) is 6.07 Å². The highest BCUT2D eigenvalue weighted by Gasteiger charge is 2.26. The van der Waals surface area contributed by atoms with E-state index in [9.17, 15) is 9.59 Å². The second-order valence-electron chi connectivity index (χ2n) is 5.31. The van der Waals surface area contributed by atoms with Crippen molar-refractivity contribution in [2.75, 3.05) is 13.1 Å². The molecule has 2 rings (SSSR count). The number of carbonyl (C=O) groups is 2. The molecule has 1 aromatic rings. The van der Waals surface area contributed by atoms with E-state index in [1.807, 2.05) is 0 Å². The van der Waals surface area contributed by atoms with Crippen LogP contribution in [0.1, 0.15) is 48.2 Å². The molecule has 6 nitrogen and oxygen atoms in total. The van der Waals surface area contributed by atoms with Gasteiger partial charge in [0.25, 0.3) is 5.91 Å². The number of likely N-dealkylation sites (tertiary alicyclic amines) is 1. The van der Waals surface area contributed by atoms with Crippen LogP contribution in [0.2, 0.25) is 0 Å². The Morgan fingerprint density at radius 1 is 1.39 bits per heavy atom. The molecule has 0 unspecified atom stereocenters. The summed E-state index contributed by atoms with van der Waals surface area (Å²) in [6.45, 7) is 6.87. The normalized spacial score (nSPS) is 15.2. The van der Waals surface area contributed by atoms with Crippen LogP contribution in [-0.4, -0.2) is 45.7 Å². The Hall–Kier alpha value is -1.85. The van der Waals surface area contributed by atoms with Crippen molar-refractivity contribution in [3.05, 3.63) is 17.5 Å². The van der Waals surface area contributed by atoms with Crippen molar-refractivity contribution in [1.82, 2.24) is 15.1 Å². The third-order valence-corrected chi connectivity index (χ3v) is 2.56. The number of hydrogen-bond acceptors (Lipinski definition) is 4. The fourth-order valence-electron chi connectivity index (χ4n) is 1.55. The molecule has 6 heteroatoms. The molecule has 0 aromatic carbocycles. The van der Waals surface area contributed by atoms with Crippen molar-refractivity contribution in [3.63, 3.8) is 0 Å². The Balaban J connectivity index is 2.05. The molecule has 1 amide bonds. The van der Waals surface area contributed by atoms with Crippen LogP contribution in [0.4, 0.5) is 0 Å². The number of aromatic nitrogens is 2. The second kappa shape index (κ2) is 4.44. The highest BCUT2D eigenvalue weighted by Crippen LogP contribution is 2.14. The van der Waals surface area contributed by atoms with Crippen molar-refractivity contribution >= 4 is 11.9 Å². The summed E-state index contributed by atoms with van der Waals surface area (Å²) in [5.41, 5.74) is -0.103. The number of rotatable bonds is 2. The molecule has 0 radical (unpaired) electrons. The summed E-state index contributed by atoms with van der Waals surface area (Å²) >= 11 is 0. The smallest absolute Gasteiger partial charge is 0.356 e. The van der Waals surface area contributed by atoms with E-state index < -0.39 is 11.6 Å². The molecule has 0 spiro atoms. The van der Waals surface area contributed by atoms with Crippen LogP contribution >= 0.6 is 0 Å². The first-order valence-electron chi connectivity index (χ1n) is 5.95. The first kappa shape index (κ1) is 12.6. The zero-order valence-corrected chi connectivity index (χ0v) is 10.8. The maximum Gasteiger partial charge on any atom is 0.356 e. The van der Waals surface area contributed by atoms with Crippen LogP contribution < -0.4 is 0 Å². The zero-order chi connectivity index (χ0) is 13.3.